The van der Waals surface area contributed by atoms with E-state index in [2.05, 4.69) is 0 Å². The molecule has 4 nitrogen and oxygen atoms in total. The van der Waals surface area contributed by atoms with Gasteiger partial charge in [-0.3, -0.25) is 4.79 Å². The molecule has 3 aromatic rings. The second-order valence-corrected chi connectivity index (χ2v) is 7.37. The van der Waals surface area contributed by atoms with E-state index >= 15 is 0 Å². The molecule has 1 amide bonds. The lowest BCUT2D eigenvalue weighted by Crippen LogP contribution is -2.32. The molecule has 0 aromatic heterocycles. The fourth-order valence-corrected chi connectivity index (χ4v) is 3.35. The Kier molecular flexibility index (Phi) is 7.58. The fourth-order valence-electron chi connectivity index (χ4n) is 3.35. The van der Waals surface area contributed by atoms with Crippen molar-refractivity contribution in [2.45, 2.75) is 19.1 Å². The number of amides is 1. The smallest absolute Gasteiger partial charge is 0.416 e. The van der Waals surface area contributed by atoms with E-state index in [1.165, 1.54) is 55.5 Å². The number of nitrogens with zero attached hydrogens (tertiary/aromatic N) is 1. The van der Waals surface area contributed by atoms with Crippen LogP contribution < -0.4 is 9.47 Å². The Labute approximate surface area is 189 Å². The molecule has 174 valence electrons. The van der Waals surface area contributed by atoms with Crippen LogP contribution in [0.5, 0.6) is 11.5 Å². The van der Waals surface area contributed by atoms with Gasteiger partial charge in [0.25, 0.3) is 5.91 Å². The molecule has 0 aliphatic rings. The van der Waals surface area contributed by atoms with Crippen molar-refractivity contribution in [3.05, 3.63) is 94.8 Å². The second kappa shape index (κ2) is 10.4. The summed E-state index contributed by atoms with van der Waals surface area (Å²) in [4.78, 5) is 14.6. The number of benzene rings is 3. The number of ether oxygens (including phenoxy) is 2. The van der Waals surface area contributed by atoms with E-state index in [-0.39, 0.29) is 24.6 Å². The summed E-state index contributed by atoms with van der Waals surface area (Å²) in [5.41, 5.74) is 0.964. The molecule has 3 rings (SSSR count). The third-order valence-electron chi connectivity index (χ3n) is 5.15. The minimum Gasteiger partial charge on any atom is -0.493 e. The van der Waals surface area contributed by atoms with Gasteiger partial charge in [0.2, 0.25) is 0 Å². The maximum absolute atomic E-state index is 13.3. The number of methoxy groups -OCH3 is 2. The first kappa shape index (κ1) is 24.1. The molecule has 0 unspecified atom stereocenters. The van der Waals surface area contributed by atoms with E-state index in [0.717, 1.165) is 17.7 Å². The Hall–Kier alpha value is -3.55. The summed E-state index contributed by atoms with van der Waals surface area (Å²) in [6.07, 6.45) is -3.97. The second-order valence-electron chi connectivity index (χ2n) is 7.37. The average Bonchev–Trinajstić information content (AvgIpc) is 2.81. The molecule has 33 heavy (non-hydrogen) atoms. The van der Waals surface area contributed by atoms with Gasteiger partial charge in [-0.15, -0.1) is 0 Å². The predicted molar refractivity (Wildman–Crippen MR) is 116 cm³/mol. The predicted octanol–water partition coefficient (Wildman–Crippen LogP) is 5.75. The topological polar surface area (TPSA) is 38.8 Å². The normalized spacial score (nSPS) is 11.2. The summed E-state index contributed by atoms with van der Waals surface area (Å²) in [5, 5.41) is 0. The lowest BCUT2D eigenvalue weighted by atomic mass is 10.1. The summed E-state index contributed by atoms with van der Waals surface area (Å²) < 4.78 is 62.5. The van der Waals surface area contributed by atoms with Gasteiger partial charge >= 0.3 is 6.18 Å². The van der Waals surface area contributed by atoms with Gasteiger partial charge in [-0.2, -0.15) is 13.2 Å². The van der Waals surface area contributed by atoms with Gasteiger partial charge in [-0.25, -0.2) is 4.39 Å². The maximum atomic E-state index is 13.3. The zero-order chi connectivity index (χ0) is 24.0. The van der Waals surface area contributed by atoms with Crippen LogP contribution in [0.25, 0.3) is 0 Å². The SMILES string of the molecule is COc1ccc(CCN(Cc2ccc(C(F)(F)F)cc2)C(=O)c2ccc(F)cc2)cc1OC. The molecule has 0 spiro atoms. The van der Waals surface area contributed by atoms with Crippen LogP contribution in [0.1, 0.15) is 27.0 Å². The quantitative estimate of drug-likeness (QED) is 0.401. The van der Waals surface area contributed by atoms with Crippen molar-refractivity contribution in [2.24, 2.45) is 0 Å². The molecule has 0 aliphatic carbocycles. The van der Waals surface area contributed by atoms with E-state index in [1.54, 1.807) is 12.1 Å². The Morgan fingerprint density at radius 3 is 2.03 bits per heavy atom. The fraction of sp³-hybridized carbons (Fsp3) is 0.240. The van der Waals surface area contributed by atoms with Crippen LogP contribution in [-0.4, -0.2) is 31.6 Å². The lowest BCUT2D eigenvalue weighted by molar-refractivity contribution is -0.137. The Morgan fingerprint density at radius 1 is 0.848 bits per heavy atom. The lowest BCUT2D eigenvalue weighted by Gasteiger charge is -2.24. The van der Waals surface area contributed by atoms with Gasteiger partial charge in [-0.05, 0) is 66.1 Å². The molecule has 3 aromatic carbocycles. The van der Waals surface area contributed by atoms with Gasteiger partial charge in [0.1, 0.15) is 5.82 Å². The van der Waals surface area contributed by atoms with Crippen molar-refractivity contribution in [1.82, 2.24) is 4.90 Å². The van der Waals surface area contributed by atoms with Gasteiger partial charge < -0.3 is 14.4 Å². The van der Waals surface area contributed by atoms with Crippen LogP contribution in [0, 0.1) is 5.82 Å². The molecule has 8 heteroatoms. The summed E-state index contributed by atoms with van der Waals surface area (Å²) in [6, 6.07) is 15.2. The van der Waals surface area contributed by atoms with Crippen LogP contribution in [0.4, 0.5) is 17.6 Å². The first-order valence-corrected chi connectivity index (χ1v) is 10.1. The molecule has 0 bridgehead atoms. The van der Waals surface area contributed by atoms with Gasteiger partial charge in [0.05, 0.1) is 19.8 Å². The third-order valence-corrected chi connectivity index (χ3v) is 5.15. The number of halogens is 4. The number of rotatable bonds is 8. The summed E-state index contributed by atoms with van der Waals surface area (Å²) >= 11 is 0. The highest BCUT2D eigenvalue weighted by molar-refractivity contribution is 5.94. The molecule has 0 aliphatic heterocycles. The molecule has 0 fully saturated rings. The summed E-state index contributed by atoms with van der Waals surface area (Å²) in [5.74, 6) is 0.306. The summed E-state index contributed by atoms with van der Waals surface area (Å²) in [6.45, 7) is 0.383. The van der Waals surface area contributed by atoms with Crippen LogP contribution in [0.2, 0.25) is 0 Å². The Balaban J connectivity index is 1.82. The van der Waals surface area contributed by atoms with Gasteiger partial charge in [0, 0.05) is 18.7 Å². The maximum Gasteiger partial charge on any atom is 0.416 e. The van der Waals surface area contributed by atoms with E-state index < -0.39 is 17.6 Å². The van der Waals surface area contributed by atoms with Crippen molar-refractivity contribution in [3.63, 3.8) is 0 Å². The van der Waals surface area contributed by atoms with Crippen LogP contribution >= 0.6 is 0 Å². The Morgan fingerprint density at radius 2 is 1.45 bits per heavy atom. The zero-order valence-electron chi connectivity index (χ0n) is 18.2. The third kappa shape index (κ3) is 6.25. The monoisotopic (exact) mass is 461 g/mol. The molecule has 0 saturated carbocycles. The molecule has 0 radical (unpaired) electrons. The van der Waals surface area contributed by atoms with Crippen molar-refractivity contribution in [1.29, 1.82) is 0 Å². The van der Waals surface area contributed by atoms with E-state index in [9.17, 15) is 22.4 Å². The minimum absolute atomic E-state index is 0.0988. The summed E-state index contributed by atoms with van der Waals surface area (Å²) in [7, 11) is 3.06. The molecule has 0 heterocycles. The highest BCUT2D eigenvalue weighted by Crippen LogP contribution is 2.30. The van der Waals surface area contributed by atoms with Crippen LogP contribution in [0.3, 0.4) is 0 Å². The average molecular weight is 461 g/mol. The number of hydrogen-bond acceptors (Lipinski definition) is 3. The molecular weight excluding hydrogens is 438 g/mol. The van der Waals surface area contributed by atoms with Crippen molar-refractivity contribution < 1.29 is 31.8 Å². The molecule has 0 saturated heterocycles. The zero-order valence-corrected chi connectivity index (χ0v) is 18.2. The highest BCUT2D eigenvalue weighted by atomic mass is 19.4. The minimum atomic E-state index is -4.43. The molecule has 0 atom stereocenters. The largest absolute Gasteiger partial charge is 0.493 e. The van der Waals surface area contributed by atoms with Gasteiger partial charge in [0.15, 0.2) is 11.5 Å². The van der Waals surface area contributed by atoms with Crippen molar-refractivity contribution in [3.8, 4) is 11.5 Å². The number of alkyl halides is 3. The Bertz CT molecular complexity index is 1080. The first-order valence-electron chi connectivity index (χ1n) is 10.1. The van der Waals surface area contributed by atoms with Crippen LogP contribution in [0.15, 0.2) is 66.7 Å². The van der Waals surface area contributed by atoms with Gasteiger partial charge in [-0.1, -0.05) is 18.2 Å². The van der Waals surface area contributed by atoms with E-state index in [1.807, 2.05) is 6.07 Å². The number of hydrogen-bond donors (Lipinski definition) is 0. The van der Waals surface area contributed by atoms with E-state index in [4.69, 9.17) is 9.47 Å². The van der Waals surface area contributed by atoms with Crippen LogP contribution in [-0.2, 0) is 19.1 Å². The molecular formula is C25H23F4NO3. The highest BCUT2D eigenvalue weighted by Gasteiger charge is 2.30. The number of carbonyl (C=O) groups is 1. The number of carbonyl (C=O) groups excluding carboxylic acids is 1. The van der Waals surface area contributed by atoms with Crippen molar-refractivity contribution in [2.75, 3.05) is 20.8 Å². The van der Waals surface area contributed by atoms with E-state index in [0.29, 0.717) is 23.5 Å². The standard InChI is InChI=1S/C25H23F4NO3/c1-32-22-12-5-17(15-23(22)33-2)13-14-30(24(31)19-6-10-21(26)11-7-19)16-18-3-8-20(9-4-18)25(27,28)29/h3-12,15H,13-14,16H2,1-2H3. The molecule has 0 N–H and O–H groups in total. The first-order chi connectivity index (χ1) is 15.7. The van der Waals surface area contributed by atoms with Crippen molar-refractivity contribution >= 4 is 5.91 Å².